The summed E-state index contributed by atoms with van der Waals surface area (Å²) in [5.41, 5.74) is 7.50. The first kappa shape index (κ1) is 10.2. The summed E-state index contributed by atoms with van der Waals surface area (Å²) in [6, 6.07) is 5.84. The molecule has 15 heavy (non-hydrogen) atoms. The summed E-state index contributed by atoms with van der Waals surface area (Å²) in [4.78, 5) is 0. The maximum atomic E-state index is 5.66. The molecule has 0 fully saturated rings. The van der Waals surface area contributed by atoms with Crippen LogP contribution < -0.4 is 5.73 Å². The second-order valence-electron chi connectivity index (χ2n) is 3.20. The molecule has 4 heteroatoms. The number of hydrogen-bond acceptors (Lipinski definition) is 3. The molecule has 0 spiro atoms. The van der Waals surface area contributed by atoms with Gasteiger partial charge in [-0.25, -0.2) is 0 Å². The number of anilines is 1. The average Bonchev–Trinajstić information content (AvgIpc) is 2.61. The van der Waals surface area contributed by atoms with Crippen LogP contribution in [0.1, 0.15) is 12.0 Å². The van der Waals surface area contributed by atoms with Crippen molar-refractivity contribution in [2.45, 2.75) is 6.42 Å². The Bertz CT molecular complexity index is 490. The number of nitrogen functional groups attached to an aromatic ring is 1. The van der Waals surface area contributed by atoms with Crippen molar-refractivity contribution in [1.29, 1.82) is 0 Å². The molecule has 0 bridgehead atoms. The largest absolute Gasteiger partial charge is 0.380 e. The summed E-state index contributed by atoms with van der Waals surface area (Å²) in [6.07, 6.45) is 5.18. The summed E-state index contributed by atoms with van der Waals surface area (Å²) in [7, 11) is 0. The van der Waals surface area contributed by atoms with E-state index in [0.29, 0.717) is 5.82 Å². The summed E-state index contributed by atoms with van der Waals surface area (Å²) in [6.45, 7) is 0. The van der Waals surface area contributed by atoms with Crippen molar-refractivity contribution in [2.24, 2.45) is 0 Å². The van der Waals surface area contributed by atoms with Gasteiger partial charge in [-0.1, -0.05) is 39.3 Å². The smallest absolute Gasteiger partial charge is 0.174 e. The van der Waals surface area contributed by atoms with Gasteiger partial charge in [-0.05, 0) is 24.1 Å². The number of aromatic nitrogens is 1. The molecule has 0 aliphatic heterocycles. The number of benzene rings is 1. The van der Waals surface area contributed by atoms with Crippen LogP contribution in [0.15, 0.2) is 28.8 Å². The van der Waals surface area contributed by atoms with Gasteiger partial charge in [0.2, 0.25) is 0 Å². The standard InChI is InChI=1S/C11H11BrN2O/c12-6-2-1-3-8-4-5-10-9(7-8)11(13)14-15-10/h1,3-5,7H,2,6H2,(H2,13,14). The lowest BCUT2D eigenvalue weighted by Gasteiger charge is -1.93. The van der Waals surface area contributed by atoms with Gasteiger partial charge in [0.15, 0.2) is 11.4 Å². The molecule has 0 saturated heterocycles. The summed E-state index contributed by atoms with van der Waals surface area (Å²) in [5, 5.41) is 5.55. The van der Waals surface area contributed by atoms with Gasteiger partial charge in [0.1, 0.15) is 0 Å². The zero-order valence-corrected chi connectivity index (χ0v) is 9.70. The molecule has 0 aliphatic carbocycles. The van der Waals surface area contributed by atoms with Gasteiger partial charge in [-0.3, -0.25) is 0 Å². The highest BCUT2D eigenvalue weighted by Crippen LogP contribution is 2.22. The van der Waals surface area contributed by atoms with E-state index in [2.05, 4.69) is 33.2 Å². The van der Waals surface area contributed by atoms with E-state index in [9.17, 15) is 0 Å². The Hall–Kier alpha value is -1.29. The molecule has 1 heterocycles. The fraction of sp³-hybridized carbons (Fsp3) is 0.182. The van der Waals surface area contributed by atoms with Crippen LogP contribution in [0.5, 0.6) is 0 Å². The predicted octanol–water partition coefficient (Wildman–Crippen LogP) is 3.21. The Morgan fingerprint density at radius 3 is 3.13 bits per heavy atom. The maximum Gasteiger partial charge on any atom is 0.174 e. The van der Waals surface area contributed by atoms with Gasteiger partial charge >= 0.3 is 0 Å². The first-order chi connectivity index (χ1) is 7.31. The van der Waals surface area contributed by atoms with Crippen LogP contribution in [-0.4, -0.2) is 10.5 Å². The zero-order chi connectivity index (χ0) is 10.7. The van der Waals surface area contributed by atoms with E-state index in [1.165, 1.54) is 0 Å². The quantitative estimate of drug-likeness (QED) is 0.869. The van der Waals surface area contributed by atoms with Crippen LogP contribution in [0, 0.1) is 0 Å². The van der Waals surface area contributed by atoms with Gasteiger partial charge in [0.25, 0.3) is 0 Å². The molecule has 3 nitrogen and oxygen atoms in total. The molecule has 0 radical (unpaired) electrons. The number of allylic oxidation sites excluding steroid dienone is 1. The number of hydrogen-bond donors (Lipinski definition) is 1. The SMILES string of the molecule is Nc1noc2ccc(C=CCCBr)cc12. The van der Waals surface area contributed by atoms with Crippen molar-refractivity contribution in [2.75, 3.05) is 11.1 Å². The summed E-state index contributed by atoms with van der Waals surface area (Å²) < 4.78 is 5.02. The minimum Gasteiger partial charge on any atom is -0.380 e. The van der Waals surface area contributed by atoms with E-state index in [0.717, 1.165) is 28.3 Å². The van der Waals surface area contributed by atoms with Crippen LogP contribution in [-0.2, 0) is 0 Å². The number of alkyl halides is 1. The molecule has 2 N–H and O–H groups in total. The van der Waals surface area contributed by atoms with Gasteiger partial charge in [0, 0.05) is 5.33 Å². The maximum absolute atomic E-state index is 5.66. The van der Waals surface area contributed by atoms with E-state index >= 15 is 0 Å². The fourth-order valence-corrected chi connectivity index (χ4v) is 1.63. The third kappa shape index (κ3) is 2.21. The Morgan fingerprint density at radius 1 is 1.47 bits per heavy atom. The van der Waals surface area contributed by atoms with Crippen LogP contribution in [0.3, 0.4) is 0 Å². The fourth-order valence-electron chi connectivity index (χ4n) is 1.36. The highest BCUT2D eigenvalue weighted by molar-refractivity contribution is 9.09. The van der Waals surface area contributed by atoms with Crippen molar-refractivity contribution in [3.8, 4) is 0 Å². The second kappa shape index (κ2) is 4.49. The highest BCUT2D eigenvalue weighted by Gasteiger charge is 2.03. The van der Waals surface area contributed by atoms with E-state index in [-0.39, 0.29) is 0 Å². The Balaban J connectivity index is 2.33. The molecule has 1 aromatic heterocycles. The zero-order valence-electron chi connectivity index (χ0n) is 8.11. The molecule has 0 amide bonds. The predicted molar refractivity (Wildman–Crippen MR) is 65.9 cm³/mol. The van der Waals surface area contributed by atoms with Crippen LogP contribution in [0.4, 0.5) is 5.82 Å². The van der Waals surface area contributed by atoms with Gasteiger partial charge in [-0.15, -0.1) is 0 Å². The number of nitrogens with zero attached hydrogens (tertiary/aromatic N) is 1. The lowest BCUT2D eigenvalue weighted by Crippen LogP contribution is -1.83. The van der Waals surface area contributed by atoms with Gasteiger partial charge in [0.05, 0.1) is 5.39 Å². The third-order valence-electron chi connectivity index (χ3n) is 2.11. The molecule has 1 aromatic carbocycles. The average molecular weight is 267 g/mol. The molecular formula is C11H11BrN2O. The van der Waals surface area contributed by atoms with Crippen molar-refractivity contribution in [3.63, 3.8) is 0 Å². The Labute approximate surface area is 96.1 Å². The second-order valence-corrected chi connectivity index (χ2v) is 4.00. The van der Waals surface area contributed by atoms with Gasteiger partial charge in [-0.2, -0.15) is 0 Å². The first-order valence-electron chi connectivity index (χ1n) is 4.68. The number of rotatable bonds is 3. The monoisotopic (exact) mass is 266 g/mol. The van der Waals surface area contributed by atoms with E-state index in [1.807, 2.05) is 18.2 Å². The number of fused-ring (bicyclic) bond motifs is 1. The summed E-state index contributed by atoms with van der Waals surface area (Å²) >= 11 is 3.37. The molecule has 0 atom stereocenters. The molecule has 0 aliphatic rings. The van der Waals surface area contributed by atoms with Gasteiger partial charge < -0.3 is 10.3 Å². The van der Waals surface area contributed by atoms with Crippen molar-refractivity contribution >= 4 is 38.8 Å². The molecule has 0 unspecified atom stereocenters. The molecule has 2 aromatic rings. The Morgan fingerprint density at radius 2 is 2.33 bits per heavy atom. The van der Waals surface area contributed by atoms with Crippen LogP contribution >= 0.6 is 15.9 Å². The third-order valence-corrected chi connectivity index (χ3v) is 2.57. The van der Waals surface area contributed by atoms with Crippen molar-refractivity contribution < 1.29 is 4.52 Å². The molecule has 0 saturated carbocycles. The lowest BCUT2D eigenvalue weighted by molar-refractivity contribution is 0.460. The van der Waals surface area contributed by atoms with Crippen molar-refractivity contribution in [3.05, 3.63) is 29.8 Å². The topological polar surface area (TPSA) is 52.0 Å². The lowest BCUT2D eigenvalue weighted by atomic mass is 10.1. The van der Waals surface area contributed by atoms with Crippen LogP contribution in [0.2, 0.25) is 0 Å². The van der Waals surface area contributed by atoms with E-state index in [4.69, 9.17) is 10.3 Å². The minimum absolute atomic E-state index is 0.445. The first-order valence-corrected chi connectivity index (χ1v) is 5.81. The van der Waals surface area contributed by atoms with E-state index < -0.39 is 0 Å². The normalized spacial score (nSPS) is 11.5. The molecule has 78 valence electrons. The van der Waals surface area contributed by atoms with E-state index in [1.54, 1.807) is 0 Å². The summed E-state index contributed by atoms with van der Waals surface area (Å²) in [5.74, 6) is 0.445. The highest BCUT2D eigenvalue weighted by atomic mass is 79.9. The number of nitrogens with two attached hydrogens (primary N) is 1. The Kier molecular flexibility index (Phi) is 3.06. The molecular weight excluding hydrogens is 256 g/mol. The van der Waals surface area contributed by atoms with Crippen LogP contribution in [0.25, 0.3) is 17.0 Å². The molecule has 2 rings (SSSR count). The minimum atomic E-state index is 0.445. The van der Waals surface area contributed by atoms with Crippen molar-refractivity contribution in [1.82, 2.24) is 5.16 Å². The number of halogens is 1.